The van der Waals surface area contributed by atoms with Crippen LogP contribution in [0.3, 0.4) is 0 Å². The number of hydrogen-bond acceptors (Lipinski definition) is 2. The standard InChI is InChI=1S/C17H16Cl2O2/c1-10(2)13-8-17(11(3)6-14(13)18)21-16-5-4-12(9-20)7-15(16)19/h4-10H,1-3H3. The van der Waals surface area contributed by atoms with E-state index < -0.39 is 0 Å². The molecule has 0 amide bonds. The van der Waals surface area contributed by atoms with Crippen LogP contribution in [0.4, 0.5) is 0 Å². The zero-order valence-electron chi connectivity index (χ0n) is 12.1. The molecule has 0 unspecified atom stereocenters. The summed E-state index contributed by atoms with van der Waals surface area (Å²) in [4.78, 5) is 10.7. The van der Waals surface area contributed by atoms with Crippen LogP contribution in [-0.4, -0.2) is 6.29 Å². The molecule has 21 heavy (non-hydrogen) atoms. The van der Waals surface area contributed by atoms with E-state index in [1.807, 2.05) is 19.1 Å². The maximum Gasteiger partial charge on any atom is 0.150 e. The molecule has 0 spiro atoms. The average Bonchev–Trinajstić information content (AvgIpc) is 2.43. The number of aldehydes is 1. The molecule has 4 heteroatoms. The largest absolute Gasteiger partial charge is 0.456 e. The van der Waals surface area contributed by atoms with Crippen LogP contribution in [0, 0.1) is 6.92 Å². The van der Waals surface area contributed by atoms with E-state index in [2.05, 4.69) is 13.8 Å². The van der Waals surface area contributed by atoms with E-state index in [0.717, 1.165) is 22.4 Å². The highest BCUT2D eigenvalue weighted by Gasteiger charge is 2.12. The van der Waals surface area contributed by atoms with Gasteiger partial charge in [-0.2, -0.15) is 0 Å². The van der Waals surface area contributed by atoms with Gasteiger partial charge in [-0.15, -0.1) is 0 Å². The second kappa shape index (κ2) is 6.50. The number of benzene rings is 2. The van der Waals surface area contributed by atoms with E-state index in [-0.39, 0.29) is 0 Å². The fourth-order valence-electron chi connectivity index (χ4n) is 2.01. The van der Waals surface area contributed by atoms with E-state index in [4.69, 9.17) is 27.9 Å². The Kier molecular flexibility index (Phi) is 4.92. The first-order chi connectivity index (χ1) is 9.92. The van der Waals surface area contributed by atoms with Crippen molar-refractivity contribution in [2.75, 3.05) is 0 Å². The zero-order valence-corrected chi connectivity index (χ0v) is 13.6. The van der Waals surface area contributed by atoms with Crippen molar-refractivity contribution in [3.63, 3.8) is 0 Å². The Hall–Kier alpha value is -1.51. The molecule has 2 aromatic rings. The van der Waals surface area contributed by atoms with Crippen molar-refractivity contribution in [2.45, 2.75) is 26.7 Å². The Labute approximate surface area is 134 Å². The Bertz CT molecular complexity index is 679. The molecular weight excluding hydrogens is 307 g/mol. The lowest BCUT2D eigenvalue weighted by Crippen LogP contribution is -1.95. The highest BCUT2D eigenvalue weighted by molar-refractivity contribution is 6.32. The first-order valence-corrected chi connectivity index (χ1v) is 7.40. The van der Waals surface area contributed by atoms with Crippen LogP contribution in [0.2, 0.25) is 10.0 Å². The van der Waals surface area contributed by atoms with E-state index in [1.54, 1.807) is 18.2 Å². The third-order valence-corrected chi connectivity index (χ3v) is 3.85. The minimum Gasteiger partial charge on any atom is -0.456 e. The molecule has 2 aromatic carbocycles. The van der Waals surface area contributed by atoms with Gasteiger partial charge in [-0.1, -0.05) is 37.0 Å². The molecule has 0 heterocycles. The predicted molar refractivity (Wildman–Crippen MR) is 87.2 cm³/mol. The van der Waals surface area contributed by atoms with Gasteiger partial charge in [0.05, 0.1) is 5.02 Å². The van der Waals surface area contributed by atoms with Crippen LogP contribution in [0.15, 0.2) is 30.3 Å². The summed E-state index contributed by atoms with van der Waals surface area (Å²) < 4.78 is 5.88. The molecule has 0 aromatic heterocycles. The van der Waals surface area contributed by atoms with Gasteiger partial charge in [-0.05, 0) is 54.3 Å². The lowest BCUT2D eigenvalue weighted by atomic mass is 10.0. The van der Waals surface area contributed by atoms with Gasteiger partial charge in [-0.25, -0.2) is 0 Å². The molecule has 0 atom stereocenters. The van der Waals surface area contributed by atoms with Crippen molar-refractivity contribution in [3.05, 3.63) is 57.1 Å². The predicted octanol–water partition coefficient (Wildman–Crippen LogP) is 6.03. The highest BCUT2D eigenvalue weighted by atomic mass is 35.5. The average molecular weight is 323 g/mol. The second-order valence-corrected chi connectivity index (χ2v) is 6.02. The summed E-state index contributed by atoms with van der Waals surface area (Å²) in [7, 11) is 0. The topological polar surface area (TPSA) is 26.3 Å². The van der Waals surface area contributed by atoms with Crippen molar-refractivity contribution in [1.29, 1.82) is 0 Å². The molecule has 0 bridgehead atoms. The van der Waals surface area contributed by atoms with Gasteiger partial charge in [0.15, 0.2) is 0 Å². The molecule has 0 saturated carbocycles. The van der Waals surface area contributed by atoms with Crippen molar-refractivity contribution >= 4 is 29.5 Å². The van der Waals surface area contributed by atoms with Crippen molar-refractivity contribution in [3.8, 4) is 11.5 Å². The van der Waals surface area contributed by atoms with Gasteiger partial charge in [0.1, 0.15) is 17.8 Å². The lowest BCUT2D eigenvalue weighted by molar-refractivity contribution is 0.112. The number of aryl methyl sites for hydroxylation is 1. The van der Waals surface area contributed by atoms with Crippen LogP contribution in [0.5, 0.6) is 11.5 Å². The van der Waals surface area contributed by atoms with E-state index in [9.17, 15) is 4.79 Å². The Morgan fingerprint density at radius 3 is 2.33 bits per heavy atom. The number of halogens is 2. The van der Waals surface area contributed by atoms with Gasteiger partial charge in [0.2, 0.25) is 0 Å². The van der Waals surface area contributed by atoms with Crippen LogP contribution in [-0.2, 0) is 0 Å². The lowest BCUT2D eigenvalue weighted by Gasteiger charge is -2.15. The molecule has 2 rings (SSSR count). The Balaban J connectivity index is 2.39. The van der Waals surface area contributed by atoms with Crippen LogP contribution in [0.25, 0.3) is 0 Å². The van der Waals surface area contributed by atoms with Gasteiger partial charge in [-0.3, -0.25) is 4.79 Å². The normalized spacial score (nSPS) is 10.8. The number of carbonyl (C=O) groups excluding carboxylic acids is 1. The van der Waals surface area contributed by atoms with Crippen molar-refractivity contribution < 1.29 is 9.53 Å². The fourth-order valence-corrected chi connectivity index (χ4v) is 2.68. The highest BCUT2D eigenvalue weighted by Crippen LogP contribution is 2.36. The Morgan fingerprint density at radius 1 is 1.05 bits per heavy atom. The summed E-state index contributed by atoms with van der Waals surface area (Å²) in [5.74, 6) is 1.53. The smallest absolute Gasteiger partial charge is 0.150 e. The van der Waals surface area contributed by atoms with Crippen LogP contribution in [0.1, 0.15) is 41.3 Å². The fraction of sp³-hybridized carbons (Fsp3) is 0.235. The SMILES string of the molecule is Cc1cc(Cl)c(C(C)C)cc1Oc1ccc(C=O)cc1Cl. The van der Waals surface area contributed by atoms with E-state index in [1.165, 1.54) is 0 Å². The first-order valence-electron chi connectivity index (χ1n) is 6.65. The van der Waals surface area contributed by atoms with Gasteiger partial charge in [0.25, 0.3) is 0 Å². The molecule has 0 N–H and O–H groups in total. The number of ether oxygens (including phenoxy) is 1. The summed E-state index contributed by atoms with van der Waals surface area (Å²) >= 11 is 12.4. The summed E-state index contributed by atoms with van der Waals surface area (Å²) in [6, 6.07) is 8.77. The van der Waals surface area contributed by atoms with Crippen molar-refractivity contribution in [1.82, 2.24) is 0 Å². The van der Waals surface area contributed by atoms with E-state index >= 15 is 0 Å². The maximum atomic E-state index is 10.7. The molecule has 0 aliphatic rings. The van der Waals surface area contributed by atoms with E-state index in [0.29, 0.717) is 28.0 Å². The van der Waals surface area contributed by atoms with Crippen LogP contribution >= 0.6 is 23.2 Å². The molecule has 0 saturated heterocycles. The maximum absolute atomic E-state index is 10.7. The van der Waals surface area contributed by atoms with Gasteiger partial charge >= 0.3 is 0 Å². The number of rotatable bonds is 4. The Morgan fingerprint density at radius 2 is 1.76 bits per heavy atom. The molecule has 2 nitrogen and oxygen atoms in total. The first kappa shape index (κ1) is 15.9. The summed E-state index contributed by atoms with van der Waals surface area (Å²) in [6.45, 7) is 6.08. The number of carbonyl (C=O) groups is 1. The minimum atomic E-state index is 0.299. The molecule has 0 fully saturated rings. The van der Waals surface area contributed by atoms with Gasteiger partial charge in [0, 0.05) is 10.6 Å². The summed E-state index contributed by atoms with van der Waals surface area (Å²) in [6.07, 6.45) is 0.750. The molecule has 0 aliphatic heterocycles. The van der Waals surface area contributed by atoms with Crippen LogP contribution < -0.4 is 4.74 Å². The summed E-state index contributed by atoms with van der Waals surface area (Å²) in [5, 5.41) is 1.14. The quantitative estimate of drug-likeness (QED) is 0.642. The number of hydrogen-bond donors (Lipinski definition) is 0. The molecule has 0 aliphatic carbocycles. The second-order valence-electron chi connectivity index (χ2n) is 5.20. The molecule has 110 valence electrons. The zero-order chi connectivity index (χ0) is 15.6. The third-order valence-electron chi connectivity index (χ3n) is 3.23. The van der Waals surface area contributed by atoms with Crippen molar-refractivity contribution in [2.24, 2.45) is 0 Å². The van der Waals surface area contributed by atoms with Gasteiger partial charge < -0.3 is 4.74 Å². The molecule has 0 radical (unpaired) electrons. The third kappa shape index (κ3) is 3.58. The summed E-state index contributed by atoms with van der Waals surface area (Å²) in [5.41, 5.74) is 2.47. The molecular formula is C17H16Cl2O2. The minimum absolute atomic E-state index is 0.299. The monoisotopic (exact) mass is 322 g/mol.